The minimum absolute atomic E-state index is 0.260. The van der Waals surface area contributed by atoms with Crippen molar-refractivity contribution in [2.45, 2.75) is 37.3 Å². The SMILES string of the molecule is O=C1C=CC(=O)OC2(O1)C(CCc1ccccc1Br)OC(=O)N2C(CCN1CCOCC1)c1ccccc1. The summed E-state index contributed by atoms with van der Waals surface area (Å²) >= 11 is 3.55. The van der Waals surface area contributed by atoms with Crippen molar-refractivity contribution in [2.75, 3.05) is 32.8 Å². The summed E-state index contributed by atoms with van der Waals surface area (Å²) in [5.41, 5.74) is 1.79. The first kappa shape index (κ1) is 26.4. The Hall–Kier alpha value is -3.21. The van der Waals surface area contributed by atoms with Crippen molar-refractivity contribution in [2.24, 2.45) is 0 Å². The first-order chi connectivity index (χ1) is 18.5. The van der Waals surface area contributed by atoms with Crippen molar-refractivity contribution in [3.8, 4) is 0 Å². The maximum absolute atomic E-state index is 13.6. The number of nitrogens with zero attached hydrogens (tertiary/aromatic N) is 2. The zero-order valence-corrected chi connectivity index (χ0v) is 22.4. The van der Waals surface area contributed by atoms with Crippen LogP contribution in [-0.4, -0.2) is 72.7 Å². The number of amides is 1. The molecule has 2 atom stereocenters. The highest BCUT2D eigenvalue weighted by Crippen LogP contribution is 2.44. The van der Waals surface area contributed by atoms with Gasteiger partial charge in [-0.1, -0.05) is 64.5 Å². The quantitative estimate of drug-likeness (QED) is 0.430. The van der Waals surface area contributed by atoms with E-state index in [1.165, 1.54) is 4.90 Å². The smallest absolute Gasteiger partial charge is 0.417 e. The molecule has 2 unspecified atom stereocenters. The first-order valence-corrected chi connectivity index (χ1v) is 13.5. The standard InChI is InChI=1S/C28H29BrN2O7/c29-22-9-5-4-6-20(22)10-11-24-28(37-25(32)12-13-26(33)38-28)31(27(34)36-24)23(21-7-2-1-3-8-21)14-15-30-16-18-35-19-17-30/h1-9,12-13,23-24H,10-11,14-19H2. The van der Waals surface area contributed by atoms with Crippen LogP contribution < -0.4 is 0 Å². The Labute approximate surface area is 229 Å². The lowest BCUT2D eigenvalue weighted by Gasteiger charge is -2.40. The number of morpholine rings is 1. The van der Waals surface area contributed by atoms with Crippen LogP contribution in [0.15, 0.2) is 71.2 Å². The molecule has 0 radical (unpaired) electrons. The third-order valence-electron chi connectivity index (χ3n) is 6.98. The number of esters is 2. The van der Waals surface area contributed by atoms with Gasteiger partial charge in [0.15, 0.2) is 0 Å². The molecule has 10 heteroatoms. The molecule has 1 amide bonds. The van der Waals surface area contributed by atoms with E-state index in [-0.39, 0.29) is 6.42 Å². The number of ether oxygens (including phenoxy) is 4. The van der Waals surface area contributed by atoms with Gasteiger partial charge in [0.25, 0.3) is 0 Å². The summed E-state index contributed by atoms with van der Waals surface area (Å²) < 4.78 is 23.8. The molecule has 1 spiro atoms. The van der Waals surface area contributed by atoms with Gasteiger partial charge in [-0.05, 0) is 36.5 Å². The topological polar surface area (TPSA) is 94.6 Å². The third kappa shape index (κ3) is 5.62. The van der Waals surface area contributed by atoms with Crippen LogP contribution in [-0.2, 0) is 35.0 Å². The van der Waals surface area contributed by atoms with E-state index in [0.29, 0.717) is 32.6 Å². The molecule has 0 N–H and O–H groups in total. The van der Waals surface area contributed by atoms with Crippen LogP contribution >= 0.6 is 15.9 Å². The molecule has 3 aliphatic heterocycles. The molecule has 2 aromatic rings. The molecule has 2 aromatic carbocycles. The van der Waals surface area contributed by atoms with Gasteiger partial charge in [0.1, 0.15) is 0 Å². The van der Waals surface area contributed by atoms with E-state index < -0.39 is 36.1 Å². The number of hydrogen-bond acceptors (Lipinski definition) is 8. The van der Waals surface area contributed by atoms with Crippen molar-refractivity contribution in [3.63, 3.8) is 0 Å². The van der Waals surface area contributed by atoms with Gasteiger partial charge in [0, 0.05) is 36.3 Å². The van der Waals surface area contributed by atoms with Crippen LogP contribution in [0.3, 0.4) is 0 Å². The normalized spacial score (nSPS) is 22.1. The molecular formula is C28H29BrN2O7. The van der Waals surface area contributed by atoms with Gasteiger partial charge in [0.05, 0.1) is 19.3 Å². The van der Waals surface area contributed by atoms with Crippen LogP contribution in [0.25, 0.3) is 0 Å². The van der Waals surface area contributed by atoms with Crippen LogP contribution in [0, 0.1) is 0 Å². The molecule has 0 aliphatic carbocycles. The summed E-state index contributed by atoms with van der Waals surface area (Å²) in [6.07, 6.45) is 1.52. The monoisotopic (exact) mass is 584 g/mol. The number of hydrogen-bond donors (Lipinski definition) is 0. The Balaban J connectivity index is 1.50. The van der Waals surface area contributed by atoms with Crippen molar-refractivity contribution in [3.05, 3.63) is 82.3 Å². The van der Waals surface area contributed by atoms with Gasteiger partial charge in [0.2, 0.25) is 6.10 Å². The van der Waals surface area contributed by atoms with Gasteiger partial charge < -0.3 is 18.9 Å². The number of carbonyl (C=O) groups is 3. The largest absolute Gasteiger partial charge is 0.435 e. The van der Waals surface area contributed by atoms with Gasteiger partial charge >= 0.3 is 23.9 Å². The van der Waals surface area contributed by atoms with Crippen molar-refractivity contribution in [1.82, 2.24) is 9.80 Å². The highest BCUT2D eigenvalue weighted by atomic mass is 79.9. The van der Waals surface area contributed by atoms with E-state index in [1.807, 2.05) is 54.6 Å². The Morgan fingerprint density at radius 1 is 0.921 bits per heavy atom. The second kappa shape index (κ2) is 11.7. The molecule has 200 valence electrons. The highest BCUT2D eigenvalue weighted by molar-refractivity contribution is 9.10. The Morgan fingerprint density at radius 3 is 2.26 bits per heavy atom. The molecule has 2 saturated heterocycles. The summed E-state index contributed by atoms with van der Waals surface area (Å²) in [6.45, 7) is 3.50. The Kier molecular flexibility index (Phi) is 8.11. The van der Waals surface area contributed by atoms with Crippen molar-refractivity contribution < 1.29 is 33.3 Å². The van der Waals surface area contributed by atoms with Crippen LogP contribution in [0.4, 0.5) is 4.79 Å². The maximum Gasteiger partial charge on any atom is 0.417 e. The van der Waals surface area contributed by atoms with Gasteiger partial charge in [-0.15, -0.1) is 0 Å². The third-order valence-corrected chi connectivity index (χ3v) is 7.76. The second-order valence-corrected chi connectivity index (χ2v) is 10.2. The maximum atomic E-state index is 13.6. The molecule has 9 nitrogen and oxygen atoms in total. The number of rotatable bonds is 8. The van der Waals surface area contributed by atoms with E-state index in [1.54, 1.807) is 0 Å². The molecule has 38 heavy (non-hydrogen) atoms. The number of aryl methyl sites for hydroxylation is 1. The molecular weight excluding hydrogens is 556 g/mol. The summed E-state index contributed by atoms with van der Waals surface area (Å²) in [4.78, 5) is 42.6. The van der Waals surface area contributed by atoms with E-state index in [4.69, 9.17) is 18.9 Å². The van der Waals surface area contributed by atoms with E-state index >= 15 is 0 Å². The zero-order chi connectivity index (χ0) is 26.5. The molecule has 0 saturated carbocycles. The number of halogens is 1. The predicted octanol–water partition coefficient (Wildman–Crippen LogP) is 3.98. The average molecular weight is 585 g/mol. The van der Waals surface area contributed by atoms with Crippen LogP contribution in [0.1, 0.15) is 30.0 Å². The lowest BCUT2D eigenvalue weighted by Crippen LogP contribution is -2.58. The van der Waals surface area contributed by atoms with E-state index in [0.717, 1.165) is 40.8 Å². The molecule has 2 fully saturated rings. The lowest BCUT2D eigenvalue weighted by molar-refractivity contribution is -0.285. The van der Waals surface area contributed by atoms with E-state index in [9.17, 15) is 14.4 Å². The number of benzene rings is 2. The van der Waals surface area contributed by atoms with Gasteiger partial charge in [-0.2, -0.15) is 0 Å². The minimum Gasteiger partial charge on any atom is -0.435 e. The minimum atomic E-state index is -2.05. The lowest BCUT2D eigenvalue weighted by atomic mass is 9.99. The summed E-state index contributed by atoms with van der Waals surface area (Å²) in [6, 6.07) is 16.6. The van der Waals surface area contributed by atoms with Crippen LogP contribution in [0.2, 0.25) is 0 Å². The fourth-order valence-electron chi connectivity index (χ4n) is 5.10. The average Bonchev–Trinajstić information content (AvgIpc) is 3.07. The summed E-state index contributed by atoms with van der Waals surface area (Å²) in [5, 5.41) is 0. The highest BCUT2D eigenvalue weighted by Gasteiger charge is 2.64. The predicted molar refractivity (Wildman–Crippen MR) is 140 cm³/mol. The fourth-order valence-corrected chi connectivity index (χ4v) is 5.58. The van der Waals surface area contributed by atoms with E-state index in [2.05, 4.69) is 20.8 Å². The molecule has 5 rings (SSSR count). The Morgan fingerprint density at radius 2 is 1.58 bits per heavy atom. The van der Waals surface area contributed by atoms with Crippen molar-refractivity contribution >= 4 is 34.0 Å². The van der Waals surface area contributed by atoms with Gasteiger partial charge in [-0.25, -0.2) is 19.3 Å². The molecule has 0 bridgehead atoms. The second-order valence-electron chi connectivity index (χ2n) is 9.35. The summed E-state index contributed by atoms with van der Waals surface area (Å²) in [7, 11) is 0. The molecule has 0 aromatic heterocycles. The first-order valence-electron chi connectivity index (χ1n) is 12.7. The zero-order valence-electron chi connectivity index (χ0n) is 20.8. The molecule has 3 aliphatic rings. The van der Waals surface area contributed by atoms with Crippen molar-refractivity contribution in [1.29, 1.82) is 0 Å². The fraction of sp³-hybridized carbons (Fsp3) is 0.393. The summed E-state index contributed by atoms with van der Waals surface area (Å²) in [5.74, 6) is -3.63. The Bertz CT molecular complexity index is 1180. The number of carbonyl (C=O) groups excluding carboxylic acids is 3. The molecule has 3 heterocycles. The van der Waals surface area contributed by atoms with Gasteiger partial charge in [-0.3, -0.25) is 4.90 Å². The van der Waals surface area contributed by atoms with Crippen LogP contribution in [0.5, 0.6) is 0 Å². The number of cyclic esters (lactones) is 1.